The summed E-state index contributed by atoms with van der Waals surface area (Å²) in [6.07, 6.45) is 1.67. The molecule has 7 heteroatoms. The maximum Gasteiger partial charge on any atom is 0.229 e. The molecule has 98 valence electrons. The summed E-state index contributed by atoms with van der Waals surface area (Å²) >= 11 is 0. The minimum atomic E-state index is -1.00. The van der Waals surface area contributed by atoms with Gasteiger partial charge in [0.1, 0.15) is 17.8 Å². The molecule has 0 saturated heterocycles. The molecule has 2 aromatic heterocycles. The van der Waals surface area contributed by atoms with Crippen molar-refractivity contribution in [1.29, 1.82) is 0 Å². The molecular weight excluding hydrogens is 234 g/mol. The smallest absolute Gasteiger partial charge is 0.229 e. The Morgan fingerprint density at radius 2 is 2.17 bits per heavy atom. The van der Waals surface area contributed by atoms with E-state index in [-0.39, 0.29) is 5.92 Å². The lowest BCUT2D eigenvalue weighted by Gasteiger charge is -2.11. The Hall–Kier alpha value is -1.76. The van der Waals surface area contributed by atoms with Crippen LogP contribution in [0.15, 0.2) is 10.7 Å². The summed E-state index contributed by atoms with van der Waals surface area (Å²) in [7, 11) is 0. The van der Waals surface area contributed by atoms with Crippen molar-refractivity contribution in [3.63, 3.8) is 0 Å². The summed E-state index contributed by atoms with van der Waals surface area (Å²) < 4.78 is 6.67. The first kappa shape index (κ1) is 12.7. The van der Waals surface area contributed by atoms with Crippen LogP contribution in [0.1, 0.15) is 51.0 Å². The molecule has 0 aliphatic rings. The molecule has 0 aromatic carbocycles. The molecule has 7 nitrogen and oxygen atoms in total. The Morgan fingerprint density at radius 3 is 2.67 bits per heavy atom. The molecule has 0 saturated carbocycles. The third-order valence-corrected chi connectivity index (χ3v) is 2.45. The van der Waals surface area contributed by atoms with Gasteiger partial charge in [0.2, 0.25) is 5.89 Å². The zero-order chi connectivity index (χ0) is 13.3. The highest BCUT2D eigenvalue weighted by Gasteiger charge is 2.20. The first-order valence-corrected chi connectivity index (χ1v) is 5.81. The van der Waals surface area contributed by atoms with Crippen molar-refractivity contribution in [2.24, 2.45) is 0 Å². The van der Waals surface area contributed by atoms with Gasteiger partial charge in [-0.25, -0.2) is 4.68 Å². The van der Waals surface area contributed by atoms with Crippen LogP contribution in [0.3, 0.4) is 0 Å². The number of hydrogen-bond acceptors (Lipinski definition) is 6. The highest BCUT2D eigenvalue weighted by atomic mass is 16.5. The predicted molar refractivity (Wildman–Crippen MR) is 62.8 cm³/mol. The van der Waals surface area contributed by atoms with Crippen LogP contribution in [-0.4, -0.2) is 30.2 Å². The van der Waals surface area contributed by atoms with Crippen LogP contribution >= 0.6 is 0 Å². The Bertz CT molecular complexity index is 524. The monoisotopic (exact) mass is 251 g/mol. The SMILES string of the molecule is CC(C)c1nc(Cn2cc(C(C)(C)O)nn2)no1. The first-order valence-electron chi connectivity index (χ1n) is 5.81. The van der Waals surface area contributed by atoms with Crippen molar-refractivity contribution in [2.45, 2.75) is 45.8 Å². The largest absolute Gasteiger partial charge is 0.384 e. The van der Waals surface area contributed by atoms with Gasteiger partial charge in [-0.1, -0.05) is 24.2 Å². The molecule has 0 atom stereocenters. The topological polar surface area (TPSA) is 89.9 Å². The van der Waals surface area contributed by atoms with Crippen LogP contribution in [0, 0.1) is 0 Å². The molecule has 0 aliphatic carbocycles. The number of hydrogen-bond donors (Lipinski definition) is 1. The van der Waals surface area contributed by atoms with Gasteiger partial charge in [-0.2, -0.15) is 4.98 Å². The summed E-state index contributed by atoms with van der Waals surface area (Å²) in [4.78, 5) is 4.25. The van der Waals surface area contributed by atoms with Crippen LogP contribution in [0.4, 0.5) is 0 Å². The summed E-state index contributed by atoms with van der Waals surface area (Å²) in [6.45, 7) is 7.66. The Morgan fingerprint density at radius 1 is 1.44 bits per heavy atom. The summed E-state index contributed by atoms with van der Waals surface area (Å²) in [5.41, 5.74) is -0.492. The van der Waals surface area contributed by atoms with Gasteiger partial charge >= 0.3 is 0 Å². The molecule has 18 heavy (non-hydrogen) atoms. The van der Waals surface area contributed by atoms with Crippen molar-refractivity contribution in [1.82, 2.24) is 25.1 Å². The second-order valence-corrected chi connectivity index (χ2v) is 5.06. The standard InChI is InChI=1S/C11H17N5O2/c1-7(2)10-12-9(14-18-10)6-16-5-8(13-15-16)11(3,4)17/h5,7,17H,6H2,1-4H3. The molecule has 0 aliphatic heterocycles. The fourth-order valence-corrected chi connectivity index (χ4v) is 1.37. The predicted octanol–water partition coefficient (Wildman–Crippen LogP) is 1.06. The molecular formula is C11H17N5O2. The molecule has 1 N–H and O–H groups in total. The molecule has 0 unspecified atom stereocenters. The van der Waals surface area contributed by atoms with Gasteiger partial charge in [0.25, 0.3) is 0 Å². The van der Waals surface area contributed by atoms with Crippen LogP contribution in [0.5, 0.6) is 0 Å². The molecule has 0 spiro atoms. The first-order chi connectivity index (χ1) is 8.36. The fraction of sp³-hybridized carbons (Fsp3) is 0.636. The maximum atomic E-state index is 9.78. The minimum Gasteiger partial charge on any atom is -0.384 e. The second kappa shape index (κ2) is 4.49. The third kappa shape index (κ3) is 2.73. The van der Waals surface area contributed by atoms with E-state index in [1.807, 2.05) is 13.8 Å². The summed E-state index contributed by atoms with van der Waals surface area (Å²) in [5, 5.41) is 21.5. The highest BCUT2D eigenvalue weighted by molar-refractivity contribution is 5.03. The average Bonchev–Trinajstić information content (AvgIpc) is 2.85. The lowest BCUT2D eigenvalue weighted by Crippen LogP contribution is -2.15. The van der Waals surface area contributed by atoms with Crippen molar-refractivity contribution >= 4 is 0 Å². The number of aliphatic hydroxyl groups is 1. The van der Waals surface area contributed by atoms with Crippen molar-refractivity contribution in [3.8, 4) is 0 Å². The second-order valence-electron chi connectivity index (χ2n) is 5.06. The van der Waals surface area contributed by atoms with Crippen molar-refractivity contribution < 1.29 is 9.63 Å². The fourth-order valence-electron chi connectivity index (χ4n) is 1.37. The average molecular weight is 251 g/mol. The minimum absolute atomic E-state index is 0.203. The lowest BCUT2D eigenvalue weighted by molar-refractivity contribution is 0.0737. The number of nitrogens with zero attached hydrogens (tertiary/aromatic N) is 5. The van der Waals surface area contributed by atoms with Gasteiger partial charge in [-0.15, -0.1) is 5.10 Å². The highest BCUT2D eigenvalue weighted by Crippen LogP contribution is 2.16. The number of rotatable bonds is 4. The Labute approximate surface area is 105 Å². The van der Waals surface area contributed by atoms with Crippen LogP contribution in [-0.2, 0) is 12.1 Å². The number of aromatic nitrogens is 5. The quantitative estimate of drug-likeness (QED) is 0.873. The van der Waals surface area contributed by atoms with Crippen molar-refractivity contribution in [2.75, 3.05) is 0 Å². The molecule has 2 aromatic rings. The maximum absolute atomic E-state index is 9.78. The zero-order valence-corrected chi connectivity index (χ0v) is 11.0. The zero-order valence-electron chi connectivity index (χ0n) is 11.0. The van der Waals surface area contributed by atoms with Crippen LogP contribution < -0.4 is 0 Å². The van der Waals surface area contributed by atoms with E-state index in [1.54, 1.807) is 24.7 Å². The lowest BCUT2D eigenvalue weighted by atomic mass is 10.1. The van der Waals surface area contributed by atoms with Crippen LogP contribution in [0.2, 0.25) is 0 Å². The van der Waals surface area contributed by atoms with E-state index in [9.17, 15) is 5.11 Å². The van der Waals surface area contributed by atoms with Crippen molar-refractivity contribution in [3.05, 3.63) is 23.6 Å². The molecule has 2 rings (SSSR count). The van der Waals surface area contributed by atoms with Gasteiger partial charge in [-0.05, 0) is 13.8 Å². The normalized spacial score (nSPS) is 12.3. The van der Waals surface area contributed by atoms with E-state index >= 15 is 0 Å². The molecule has 2 heterocycles. The summed E-state index contributed by atoms with van der Waals surface area (Å²) in [6, 6.07) is 0. The van der Waals surface area contributed by atoms with E-state index in [0.717, 1.165) is 0 Å². The molecule has 0 fully saturated rings. The van der Waals surface area contributed by atoms with E-state index < -0.39 is 5.60 Å². The molecule has 0 bridgehead atoms. The van der Waals surface area contributed by atoms with Crippen LogP contribution in [0.25, 0.3) is 0 Å². The Balaban J connectivity index is 2.11. The van der Waals surface area contributed by atoms with E-state index in [2.05, 4.69) is 20.5 Å². The Kier molecular flexibility index (Phi) is 3.16. The van der Waals surface area contributed by atoms with Gasteiger partial charge in [-0.3, -0.25) is 0 Å². The van der Waals surface area contributed by atoms with Gasteiger partial charge < -0.3 is 9.63 Å². The van der Waals surface area contributed by atoms with Gasteiger partial charge in [0.05, 0.1) is 6.20 Å². The van der Waals surface area contributed by atoms with Gasteiger partial charge in [0, 0.05) is 5.92 Å². The van der Waals surface area contributed by atoms with E-state index in [0.29, 0.717) is 24.0 Å². The van der Waals surface area contributed by atoms with E-state index in [4.69, 9.17) is 4.52 Å². The third-order valence-electron chi connectivity index (χ3n) is 2.45. The van der Waals surface area contributed by atoms with Gasteiger partial charge in [0.15, 0.2) is 5.82 Å². The summed E-state index contributed by atoms with van der Waals surface area (Å²) in [5.74, 6) is 1.35. The van der Waals surface area contributed by atoms with E-state index in [1.165, 1.54) is 0 Å². The molecule has 0 radical (unpaired) electrons. The molecule has 0 amide bonds.